The molecule has 2 aromatic carbocycles. The Labute approximate surface area is 143 Å². The maximum Gasteiger partial charge on any atom is 0.277 e. The van der Waals surface area contributed by atoms with Crippen molar-refractivity contribution in [2.24, 2.45) is 0 Å². The minimum atomic E-state index is -0.520. The van der Waals surface area contributed by atoms with Crippen molar-refractivity contribution < 1.29 is 14.5 Å². The molecule has 126 valence electrons. The van der Waals surface area contributed by atoms with Crippen molar-refractivity contribution in [1.82, 2.24) is 4.90 Å². The van der Waals surface area contributed by atoms with Crippen molar-refractivity contribution in [2.45, 2.75) is 6.42 Å². The van der Waals surface area contributed by atoms with Crippen molar-refractivity contribution in [3.05, 3.63) is 82.0 Å². The summed E-state index contributed by atoms with van der Waals surface area (Å²) in [6, 6.07) is 15.3. The van der Waals surface area contributed by atoms with Crippen LogP contribution in [0.5, 0.6) is 0 Å². The Morgan fingerprint density at radius 1 is 1.04 bits per heavy atom. The first-order chi connectivity index (χ1) is 12.0. The summed E-state index contributed by atoms with van der Waals surface area (Å²) in [5.74, 6) is -0.832. The van der Waals surface area contributed by atoms with E-state index in [9.17, 15) is 19.7 Å². The summed E-state index contributed by atoms with van der Waals surface area (Å²) in [5.41, 5.74) is 1.43. The van der Waals surface area contributed by atoms with Gasteiger partial charge in [-0.3, -0.25) is 24.6 Å². The summed E-state index contributed by atoms with van der Waals surface area (Å²) in [5, 5.41) is 13.6. The van der Waals surface area contributed by atoms with Gasteiger partial charge in [-0.25, -0.2) is 0 Å². The minimum Gasteiger partial charge on any atom is -0.351 e. The lowest BCUT2D eigenvalue weighted by Crippen LogP contribution is -2.33. The molecule has 0 fully saturated rings. The van der Waals surface area contributed by atoms with Gasteiger partial charge in [-0.2, -0.15) is 0 Å². The molecule has 0 aromatic heterocycles. The number of hydrogen-bond acceptors (Lipinski definition) is 5. The van der Waals surface area contributed by atoms with Gasteiger partial charge in [0.2, 0.25) is 0 Å². The first-order valence-electron chi connectivity index (χ1n) is 7.67. The second-order valence-corrected chi connectivity index (χ2v) is 5.52. The fourth-order valence-electron chi connectivity index (χ4n) is 2.55. The molecule has 0 saturated carbocycles. The molecule has 1 N–H and O–H groups in total. The van der Waals surface area contributed by atoms with Crippen molar-refractivity contribution in [3.8, 4) is 0 Å². The largest absolute Gasteiger partial charge is 0.351 e. The van der Waals surface area contributed by atoms with E-state index in [4.69, 9.17) is 0 Å². The minimum absolute atomic E-state index is 0.0942. The highest BCUT2D eigenvalue weighted by atomic mass is 16.6. The average molecular weight is 337 g/mol. The lowest BCUT2D eigenvalue weighted by atomic mass is 10.1. The summed E-state index contributed by atoms with van der Waals surface area (Å²) in [7, 11) is 0. The van der Waals surface area contributed by atoms with Crippen molar-refractivity contribution >= 4 is 23.2 Å². The highest BCUT2D eigenvalue weighted by Crippen LogP contribution is 2.21. The van der Waals surface area contributed by atoms with Gasteiger partial charge in [0.05, 0.1) is 4.92 Å². The molecule has 2 amide bonds. The predicted octanol–water partition coefficient (Wildman–Crippen LogP) is 2.50. The zero-order valence-electron chi connectivity index (χ0n) is 13.2. The van der Waals surface area contributed by atoms with E-state index in [-0.39, 0.29) is 17.9 Å². The molecule has 1 aliphatic rings. The first kappa shape index (κ1) is 16.4. The van der Waals surface area contributed by atoms with E-state index in [1.165, 1.54) is 24.3 Å². The quantitative estimate of drug-likeness (QED) is 0.497. The molecule has 0 unspecified atom stereocenters. The number of carbonyl (C=O) groups excluding carboxylic acids is 2. The number of nitro benzene ring substituents is 1. The third kappa shape index (κ3) is 3.72. The van der Waals surface area contributed by atoms with Gasteiger partial charge < -0.3 is 5.32 Å². The first-order valence-corrected chi connectivity index (χ1v) is 7.67. The molecule has 25 heavy (non-hydrogen) atoms. The van der Waals surface area contributed by atoms with Crippen molar-refractivity contribution in [1.29, 1.82) is 0 Å². The van der Waals surface area contributed by atoms with E-state index < -0.39 is 16.7 Å². The molecule has 7 heteroatoms. The molecule has 3 rings (SSSR count). The van der Waals surface area contributed by atoms with Gasteiger partial charge in [-0.1, -0.05) is 36.4 Å². The summed E-state index contributed by atoms with van der Waals surface area (Å²) in [6.07, 6.45) is 1.78. The lowest BCUT2D eigenvalue weighted by Gasteiger charge is -2.15. The molecular weight excluding hydrogens is 322 g/mol. The highest BCUT2D eigenvalue weighted by Gasteiger charge is 2.30. The zero-order valence-corrected chi connectivity index (χ0v) is 13.2. The Kier molecular flexibility index (Phi) is 4.56. The number of hydrogen-bond donors (Lipinski definition) is 1. The third-order valence-corrected chi connectivity index (χ3v) is 3.81. The smallest absolute Gasteiger partial charge is 0.277 e. The van der Waals surface area contributed by atoms with Crippen molar-refractivity contribution in [2.75, 3.05) is 11.9 Å². The Hall–Kier alpha value is -3.48. The summed E-state index contributed by atoms with van der Waals surface area (Å²) in [4.78, 5) is 35.9. The summed E-state index contributed by atoms with van der Waals surface area (Å²) < 4.78 is 0. The normalized spacial score (nSPS) is 13.8. The monoisotopic (exact) mass is 337 g/mol. The van der Waals surface area contributed by atoms with Crippen LogP contribution in [0.2, 0.25) is 0 Å². The molecule has 0 atom stereocenters. The number of imide groups is 1. The van der Waals surface area contributed by atoms with Gasteiger partial charge in [-0.15, -0.1) is 0 Å². The Balaban J connectivity index is 1.67. The second kappa shape index (κ2) is 6.96. The molecule has 7 nitrogen and oxygen atoms in total. The predicted molar refractivity (Wildman–Crippen MR) is 91.7 cm³/mol. The molecular formula is C18H15N3O4. The molecule has 0 saturated heterocycles. The Morgan fingerprint density at radius 3 is 2.52 bits per heavy atom. The molecule has 1 aliphatic heterocycles. The Bertz CT molecular complexity index is 862. The van der Waals surface area contributed by atoms with E-state index in [0.29, 0.717) is 12.1 Å². The average Bonchev–Trinajstić information content (AvgIpc) is 2.87. The van der Waals surface area contributed by atoms with Crippen LogP contribution >= 0.6 is 0 Å². The summed E-state index contributed by atoms with van der Waals surface area (Å²) in [6.45, 7) is 0.276. The van der Waals surface area contributed by atoms with Crippen LogP contribution in [0.4, 0.5) is 11.4 Å². The fraction of sp³-hybridized carbons (Fsp3) is 0.111. The molecule has 0 bridgehead atoms. The van der Waals surface area contributed by atoms with Gasteiger partial charge >= 0.3 is 0 Å². The number of nitro groups is 1. The molecule has 0 aliphatic carbocycles. The van der Waals surface area contributed by atoms with E-state index in [0.717, 1.165) is 10.5 Å². The number of rotatable bonds is 6. The van der Waals surface area contributed by atoms with Crippen LogP contribution in [0.1, 0.15) is 5.56 Å². The van der Waals surface area contributed by atoms with Gasteiger partial charge in [0, 0.05) is 30.4 Å². The van der Waals surface area contributed by atoms with E-state index >= 15 is 0 Å². The molecule has 1 heterocycles. The number of nitrogens with zero attached hydrogens (tertiary/aromatic N) is 2. The van der Waals surface area contributed by atoms with Crippen LogP contribution in [0.25, 0.3) is 0 Å². The van der Waals surface area contributed by atoms with Crippen LogP contribution in [0, 0.1) is 10.1 Å². The zero-order chi connectivity index (χ0) is 17.8. The van der Waals surface area contributed by atoms with Crippen LogP contribution in [0.3, 0.4) is 0 Å². The van der Waals surface area contributed by atoms with Gasteiger partial charge in [-0.05, 0) is 18.1 Å². The molecule has 2 aromatic rings. The van der Waals surface area contributed by atoms with Gasteiger partial charge in [0.25, 0.3) is 17.5 Å². The maximum atomic E-state index is 12.4. The molecule has 0 spiro atoms. The van der Waals surface area contributed by atoms with Crippen LogP contribution in [-0.2, 0) is 16.0 Å². The molecule has 0 radical (unpaired) electrons. The topological polar surface area (TPSA) is 92.5 Å². The maximum absolute atomic E-state index is 12.4. The van der Waals surface area contributed by atoms with Crippen molar-refractivity contribution in [3.63, 3.8) is 0 Å². The SMILES string of the molecule is O=C1C=C(Nc2cccc([N+](=O)[O-])c2)C(=O)N1CCc1ccccc1. The van der Waals surface area contributed by atoms with E-state index in [1.807, 2.05) is 30.3 Å². The lowest BCUT2D eigenvalue weighted by molar-refractivity contribution is -0.384. The van der Waals surface area contributed by atoms with E-state index in [2.05, 4.69) is 5.32 Å². The second-order valence-electron chi connectivity index (χ2n) is 5.52. The fourth-order valence-corrected chi connectivity index (χ4v) is 2.55. The number of benzene rings is 2. The van der Waals surface area contributed by atoms with Crippen LogP contribution < -0.4 is 5.32 Å². The number of non-ortho nitro benzene ring substituents is 1. The number of amides is 2. The number of nitrogens with one attached hydrogen (secondary N) is 1. The standard InChI is InChI=1S/C18H15N3O4/c22-17-12-16(19-14-7-4-8-15(11-14)21(24)25)18(23)20(17)10-9-13-5-2-1-3-6-13/h1-8,11-12,19H,9-10H2. The van der Waals surface area contributed by atoms with E-state index in [1.54, 1.807) is 6.07 Å². The highest BCUT2D eigenvalue weighted by molar-refractivity contribution is 6.17. The number of anilines is 1. The van der Waals surface area contributed by atoms with Crippen LogP contribution in [0.15, 0.2) is 66.4 Å². The van der Waals surface area contributed by atoms with Crippen LogP contribution in [-0.4, -0.2) is 28.2 Å². The van der Waals surface area contributed by atoms with Gasteiger partial charge in [0.1, 0.15) is 5.70 Å². The van der Waals surface area contributed by atoms with Gasteiger partial charge in [0.15, 0.2) is 0 Å². The Morgan fingerprint density at radius 2 is 1.80 bits per heavy atom. The summed E-state index contributed by atoms with van der Waals surface area (Å²) >= 11 is 0. The number of carbonyl (C=O) groups is 2. The third-order valence-electron chi connectivity index (χ3n) is 3.81.